The van der Waals surface area contributed by atoms with E-state index in [2.05, 4.69) is 50.7 Å². The standard InChI is InChI=1S/C40H49ClN6O7S/c1-27-23-45(18-19-53-27)25-32-26-54-37-21-34(20-36(47(49)50)38(37)42-32)55(51,52)43-39(48)29-6-10-33(11-7-29)46-16-14-44(15-17-46)24-30-12-13-40(2,3)22-35(30)28-4-8-31(41)9-5-28/h4-11,20-21,27,32,42H,12-19,22-26H2,1-3H3,(H,43,48)/t27-,32-/m0/s1. The molecule has 2 saturated heterocycles. The van der Waals surface area contributed by atoms with Crippen molar-refractivity contribution in [2.75, 3.05) is 75.8 Å². The van der Waals surface area contributed by atoms with Crippen molar-refractivity contribution in [3.63, 3.8) is 0 Å². The van der Waals surface area contributed by atoms with Crippen LogP contribution in [0.1, 0.15) is 56.0 Å². The van der Waals surface area contributed by atoms with E-state index >= 15 is 0 Å². The number of nitro groups is 1. The highest BCUT2D eigenvalue weighted by molar-refractivity contribution is 7.90. The van der Waals surface area contributed by atoms with Gasteiger partial charge in [-0.15, -0.1) is 0 Å². The number of nitrogens with zero attached hydrogens (tertiary/aromatic N) is 4. The van der Waals surface area contributed by atoms with Gasteiger partial charge < -0.3 is 19.7 Å². The number of fused-ring (bicyclic) bond motifs is 1. The second-order valence-electron chi connectivity index (χ2n) is 15.8. The Morgan fingerprint density at radius 1 is 1.04 bits per heavy atom. The second-order valence-corrected chi connectivity index (χ2v) is 18.0. The van der Waals surface area contributed by atoms with E-state index in [0.29, 0.717) is 13.2 Å². The molecule has 3 aromatic carbocycles. The van der Waals surface area contributed by atoms with Gasteiger partial charge in [0.05, 0.1) is 28.6 Å². The molecular formula is C40H49ClN6O7S. The number of carbonyl (C=O) groups excluding carboxylic acids is 1. The van der Waals surface area contributed by atoms with Crippen molar-refractivity contribution in [2.24, 2.45) is 5.41 Å². The molecule has 0 unspecified atom stereocenters. The van der Waals surface area contributed by atoms with Crippen LogP contribution in [0.25, 0.3) is 5.57 Å². The molecule has 1 amide bonds. The zero-order valence-electron chi connectivity index (χ0n) is 31.6. The zero-order valence-corrected chi connectivity index (χ0v) is 33.1. The lowest BCUT2D eigenvalue weighted by Crippen LogP contribution is -2.48. The maximum Gasteiger partial charge on any atom is 0.297 e. The third-order valence-corrected chi connectivity index (χ3v) is 12.6. The predicted octanol–water partition coefficient (Wildman–Crippen LogP) is 6.05. The van der Waals surface area contributed by atoms with Crippen LogP contribution in [0, 0.1) is 15.5 Å². The zero-order chi connectivity index (χ0) is 38.9. The summed E-state index contributed by atoms with van der Waals surface area (Å²) in [6, 6.07) is 16.9. The average molecular weight is 793 g/mol. The minimum Gasteiger partial charge on any atom is -0.489 e. The van der Waals surface area contributed by atoms with Gasteiger partial charge in [0, 0.05) is 80.8 Å². The average Bonchev–Trinajstić information content (AvgIpc) is 3.15. The summed E-state index contributed by atoms with van der Waals surface area (Å²) in [5, 5.41) is 16.0. The first kappa shape index (κ1) is 39.0. The normalized spacial score (nSPS) is 22.0. The molecule has 13 nitrogen and oxygen atoms in total. The second kappa shape index (κ2) is 16.1. The molecule has 0 aromatic heterocycles. The number of benzene rings is 3. The summed E-state index contributed by atoms with van der Waals surface area (Å²) in [4.78, 5) is 31.2. The Hall–Kier alpha value is -4.21. The van der Waals surface area contributed by atoms with Crippen molar-refractivity contribution >= 4 is 50.2 Å². The molecule has 0 saturated carbocycles. The minimum absolute atomic E-state index is 0.0412. The van der Waals surface area contributed by atoms with E-state index in [9.17, 15) is 23.3 Å². The molecule has 0 radical (unpaired) electrons. The lowest BCUT2D eigenvalue weighted by Gasteiger charge is -2.39. The van der Waals surface area contributed by atoms with Gasteiger partial charge in [-0.25, -0.2) is 13.1 Å². The van der Waals surface area contributed by atoms with E-state index in [1.165, 1.54) is 22.8 Å². The summed E-state index contributed by atoms with van der Waals surface area (Å²) in [5.41, 5.74) is 5.20. The quantitative estimate of drug-likeness (QED) is 0.183. The summed E-state index contributed by atoms with van der Waals surface area (Å²) < 4.78 is 40.3. The van der Waals surface area contributed by atoms with Gasteiger partial charge in [-0.2, -0.15) is 0 Å². The maximum absolute atomic E-state index is 13.4. The maximum atomic E-state index is 13.4. The molecule has 0 spiro atoms. The number of sulfonamides is 1. The van der Waals surface area contributed by atoms with Gasteiger partial charge in [0.1, 0.15) is 6.61 Å². The number of rotatable bonds is 10. The molecule has 3 heterocycles. The molecule has 1 aliphatic carbocycles. The number of allylic oxidation sites excluding steroid dienone is 1. The van der Waals surface area contributed by atoms with Gasteiger partial charge in [-0.3, -0.25) is 24.7 Å². The number of hydrogen-bond acceptors (Lipinski definition) is 11. The van der Waals surface area contributed by atoms with Crippen molar-refractivity contribution < 1.29 is 27.6 Å². The summed E-state index contributed by atoms with van der Waals surface area (Å²) in [6.45, 7) is 13.9. The molecular weight excluding hydrogens is 744 g/mol. The fourth-order valence-corrected chi connectivity index (χ4v) is 9.13. The SMILES string of the molecule is C[C@H]1CN(C[C@H]2COc3cc(S(=O)(=O)NC(=O)c4ccc(N5CCN(CC6=C(c7ccc(Cl)cc7)CC(C)(C)CC6)CC5)cc4)cc([N+](=O)[O-])c3N2)CCO1. The predicted molar refractivity (Wildman–Crippen MR) is 214 cm³/mol. The molecule has 2 N–H and O–H groups in total. The Morgan fingerprint density at radius 2 is 1.76 bits per heavy atom. The molecule has 4 aliphatic rings. The fourth-order valence-electron chi connectivity index (χ4n) is 8.00. The Bertz CT molecular complexity index is 2050. The van der Waals surface area contributed by atoms with Crippen LogP contribution >= 0.6 is 11.6 Å². The van der Waals surface area contributed by atoms with E-state index < -0.39 is 31.4 Å². The third kappa shape index (κ3) is 9.26. The molecule has 2 atom stereocenters. The number of ether oxygens (including phenoxy) is 2. The van der Waals surface area contributed by atoms with Crippen LogP contribution in [-0.4, -0.2) is 107 Å². The van der Waals surface area contributed by atoms with Gasteiger partial charge in [0.15, 0.2) is 11.4 Å². The molecule has 15 heteroatoms. The number of piperazine rings is 1. The fraction of sp³-hybridized carbons (Fsp3) is 0.475. The van der Waals surface area contributed by atoms with E-state index in [1.807, 2.05) is 31.2 Å². The molecule has 2 fully saturated rings. The third-order valence-electron chi connectivity index (χ3n) is 11.0. The van der Waals surface area contributed by atoms with E-state index in [0.717, 1.165) is 81.9 Å². The van der Waals surface area contributed by atoms with Crippen molar-refractivity contribution in [1.82, 2.24) is 14.5 Å². The van der Waals surface area contributed by atoms with Gasteiger partial charge in [-0.1, -0.05) is 43.2 Å². The number of morpholine rings is 1. The van der Waals surface area contributed by atoms with Crippen LogP contribution in [0.3, 0.4) is 0 Å². The Labute approximate surface area is 327 Å². The molecule has 55 heavy (non-hydrogen) atoms. The highest BCUT2D eigenvalue weighted by Crippen LogP contribution is 2.44. The van der Waals surface area contributed by atoms with Crippen molar-refractivity contribution in [3.05, 3.63) is 92.5 Å². The largest absolute Gasteiger partial charge is 0.489 e. The van der Waals surface area contributed by atoms with E-state index in [4.69, 9.17) is 21.1 Å². The van der Waals surface area contributed by atoms with Crippen LogP contribution in [-0.2, 0) is 14.8 Å². The van der Waals surface area contributed by atoms with Crippen molar-refractivity contribution in [1.29, 1.82) is 0 Å². The van der Waals surface area contributed by atoms with Gasteiger partial charge in [0.25, 0.3) is 21.6 Å². The number of nitrogens with one attached hydrogen (secondary N) is 2. The monoisotopic (exact) mass is 792 g/mol. The topological polar surface area (TPSA) is 147 Å². The van der Waals surface area contributed by atoms with E-state index in [1.54, 1.807) is 12.1 Å². The number of carbonyl (C=O) groups is 1. The minimum atomic E-state index is -4.48. The highest BCUT2D eigenvalue weighted by Gasteiger charge is 2.33. The Kier molecular flexibility index (Phi) is 11.4. The molecule has 3 aliphatic heterocycles. The molecule has 0 bridgehead atoms. The van der Waals surface area contributed by atoms with Crippen LogP contribution in [0.2, 0.25) is 5.02 Å². The smallest absolute Gasteiger partial charge is 0.297 e. The van der Waals surface area contributed by atoms with Crippen LogP contribution < -0.4 is 19.7 Å². The summed E-state index contributed by atoms with van der Waals surface area (Å²) in [6.07, 6.45) is 3.37. The summed E-state index contributed by atoms with van der Waals surface area (Å²) in [7, 11) is -4.48. The number of nitro benzene ring substituents is 1. The molecule has 7 rings (SSSR count). The number of halogens is 1. The number of amides is 1. The lowest BCUT2D eigenvalue weighted by atomic mass is 9.72. The van der Waals surface area contributed by atoms with Crippen molar-refractivity contribution in [2.45, 2.75) is 57.1 Å². The van der Waals surface area contributed by atoms with Gasteiger partial charge in [0.2, 0.25) is 0 Å². The van der Waals surface area contributed by atoms with Crippen molar-refractivity contribution in [3.8, 4) is 5.75 Å². The Balaban J connectivity index is 0.964. The Morgan fingerprint density at radius 3 is 2.45 bits per heavy atom. The first-order valence-corrected chi connectivity index (χ1v) is 20.8. The first-order valence-electron chi connectivity index (χ1n) is 18.9. The van der Waals surface area contributed by atoms with Crippen LogP contribution in [0.5, 0.6) is 5.75 Å². The summed E-state index contributed by atoms with van der Waals surface area (Å²) >= 11 is 6.19. The highest BCUT2D eigenvalue weighted by atomic mass is 35.5. The number of anilines is 2. The van der Waals surface area contributed by atoms with Gasteiger partial charge in [-0.05, 0) is 79.1 Å². The van der Waals surface area contributed by atoms with E-state index in [-0.39, 0.29) is 41.2 Å². The summed E-state index contributed by atoms with van der Waals surface area (Å²) in [5.74, 6) is -0.796. The first-order chi connectivity index (χ1) is 26.2. The van der Waals surface area contributed by atoms with Gasteiger partial charge >= 0.3 is 0 Å². The number of hydrogen-bond donors (Lipinski definition) is 2. The lowest BCUT2D eigenvalue weighted by molar-refractivity contribution is -0.384. The molecule has 294 valence electrons. The van der Waals surface area contributed by atoms with Crippen LogP contribution in [0.15, 0.2) is 71.1 Å². The van der Waals surface area contributed by atoms with Crippen LogP contribution in [0.4, 0.5) is 17.1 Å². The molecule has 3 aromatic rings.